The summed E-state index contributed by atoms with van der Waals surface area (Å²) in [7, 11) is 0. The second-order valence-corrected chi connectivity index (χ2v) is 8.07. The number of anilines is 2. The van der Waals surface area contributed by atoms with Gasteiger partial charge in [0.15, 0.2) is 0 Å². The molecule has 1 saturated carbocycles. The summed E-state index contributed by atoms with van der Waals surface area (Å²) >= 11 is 5.50. The molecule has 8 nitrogen and oxygen atoms in total. The Kier molecular flexibility index (Phi) is 4.76. The van der Waals surface area contributed by atoms with Gasteiger partial charge in [-0.15, -0.1) is 0 Å². The number of rotatable bonds is 5. The van der Waals surface area contributed by atoms with E-state index in [1.807, 2.05) is 4.90 Å². The fourth-order valence-corrected chi connectivity index (χ4v) is 4.44. The Bertz CT molecular complexity index is 849. The van der Waals surface area contributed by atoms with E-state index in [-0.39, 0.29) is 29.9 Å². The molecule has 0 spiro atoms. The predicted octanol–water partition coefficient (Wildman–Crippen LogP) is 1.49. The summed E-state index contributed by atoms with van der Waals surface area (Å²) < 4.78 is 31.6. The number of hydrogen-bond acceptors (Lipinski definition) is 7. The van der Waals surface area contributed by atoms with Crippen molar-refractivity contribution >= 4 is 34.3 Å². The molecular formula is C19H21ClFN3O5. The third-order valence-corrected chi connectivity index (χ3v) is 6.20. The van der Waals surface area contributed by atoms with E-state index in [4.69, 9.17) is 25.8 Å². The van der Waals surface area contributed by atoms with Gasteiger partial charge >= 0.3 is 6.09 Å². The number of cyclic esters (lactones) is 1. The summed E-state index contributed by atoms with van der Waals surface area (Å²) in [5.74, 6) is -0.128. The van der Waals surface area contributed by atoms with Crippen LogP contribution in [0.4, 0.5) is 20.6 Å². The summed E-state index contributed by atoms with van der Waals surface area (Å²) in [5, 5.41) is 2.86. The molecule has 3 heterocycles. The van der Waals surface area contributed by atoms with Gasteiger partial charge in [0.05, 0.1) is 30.5 Å². The monoisotopic (exact) mass is 425 g/mol. The number of ether oxygens (including phenoxy) is 3. The first-order valence-corrected chi connectivity index (χ1v) is 10.1. The number of nitrogens with one attached hydrogen (secondary N) is 1. The molecule has 29 heavy (non-hydrogen) atoms. The number of benzene rings is 1. The van der Waals surface area contributed by atoms with Crippen LogP contribution in [0.2, 0.25) is 0 Å². The van der Waals surface area contributed by atoms with E-state index in [2.05, 4.69) is 5.32 Å². The Hall–Kier alpha value is -2.10. The zero-order chi connectivity index (χ0) is 20.1. The van der Waals surface area contributed by atoms with Crippen molar-refractivity contribution in [3.63, 3.8) is 0 Å². The summed E-state index contributed by atoms with van der Waals surface area (Å²) in [6.45, 7) is 2.93. The molecule has 1 aromatic rings. The molecule has 156 valence electrons. The van der Waals surface area contributed by atoms with E-state index in [1.165, 1.54) is 11.0 Å². The van der Waals surface area contributed by atoms with E-state index in [0.717, 1.165) is 0 Å². The number of carbonyl (C=O) groups excluding carboxylic acids is 2. The molecule has 1 aromatic carbocycles. The minimum atomic E-state index is -0.523. The quantitative estimate of drug-likeness (QED) is 0.716. The number of fused-ring (bicyclic) bond motifs is 3. The van der Waals surface area contributed by atoms with Crippen molar-refractivity contribution in [2.24, 2.45) is 5.92 Å². The lowest BCUT2D eigenvalue weighted by molar-refractivity contribution is -0.112. The topological polar surface area (TPSA) is 80.3 Å². The van der Waals surface area contributed by atoms with Crippen LogP contribution < -0.4 is 19.9 Å². The van der Waals surface area contributed by atoms with Gasteiger partial charge in [-0.3, -0.25) is 9.69 Å². The minimum absolute atomic E-state index is 0.0121. The molecule has 3 aliphatic heterocycles. The molecular weight excluding hydrogens is 405 g/mol. The molecule has 2 saturated heterocycles. The maximum absolute atomic E-state index is 14.9. The molecule has 5 rings (SSSR count). The van der Waals surface area contributed by atoms with Crippen LogP contribution in [0.3, 0.4) is 0 Å². The van der Waals surface area contributed by atoms with Gasteiger partial charge in [0, 0.05) is 37.8 Å². The van der Waals surface area contributed by atoms with Crippen molar-refractivity contribution in [1.82, 2.24) is 5.32 Å². The normalized spacial score (nSPS) is 30.3. The first-order valence-electron chi connectivity index (χ1n) is 9.74. The van der Waals surface area contributed by atoms with Gasteiger partial charge in [0.2, 0.25) is 5.24 Å². The molecule has 4 atom stereocenters. The predicted molar refractivity (Wildman–Crippen MR) is 102 cm³/mol. The van der Waals surface area contributed by atoms with Crippen LogP contribution in [0.1, 0.15) is 6.42 Å². The zero-order valence-corrected chi connectivity index (χ0v) is 16.4. The number of morpholine rings is 1. The summed E-state index contributed by atoms with van der Waals surface area (Å²) in [4.78, 5) is 27.1. The molecule has 0 bridgehead atoms. The molecule has 10 heteroatoms. The smallest absolute Gasteiger partial charge is 0.415 e. The lowest BCUT2D eigenvalue weighted by Gasteiger charge is -2.34. The largest absolute Gasteiger partial charge is 0.489 e. The van der Waals surface area contributed by atoms with Crippen molar-refractivity contribution in [2.75, 3.05) is 49.3 Å². The minimum Gasteiger partial charge on any atom is -0.489 e. The fraction of sp³-hybridized carbons (Fsp3) is 0.579. The molecule has 2 unspecified atom stereocenters. The van der Waals surface area contributed by atoms with Crippen LogP contribution in [-0.4, -0.2) is 69.0 Å². The maximum Gasteiger partial charge on any atom is 0.415 e. The average Bonchev–Trinajstić information content (AvgIpc) is 3.43. The Morgan fingerprint density at radius 3 is 2.79 bits per heavy atom. The third-order valence-electron chi connectivity index (χ3n) is 5.92. The zero-order valence-electron chi connectivity index (χ0n) is 15.6. The SMILES string of the molecule is O=C(Cl)C1CC1NC[C@@H]1OC(=O)N2c3cc(F)c(N4CCOCC4)cc3OC[C@@H]12. The van der Waals surface area contributed by atoms with Crippen molar-refractivity contribution < 1.29 is 28.2 Å². The fourth-order valence-electron chi connectivity index (χ4n) is 4.20. The van der Waals surface area contributed by atoms with Gasteiger partial charge < -0.3 is 24.4 Å². The van der Waals surface area contributed by atoms with E-state index in [9.17, 15) is 14.0 Å². The van der Waals surface area contributed by atoms with Crippen molar-refractivity contribution in [2.45, 2.75) is 24.6 Å². The van der Waals surface area contributed by atoms with Crippen molar-refractivity contribution in [1.29, 1.82) is 0 Å². The Balaban J connectivity index is 1.32. The van der Waals surface area contributed by atoms with Crippen LogP contribution in [0, 0.1) is 11.7 Å². The van der Waals surface area contributed by atoms with Gasteiger partial charge in [-0.25, -0.2) is 9.18 Å². The summed E-state index contributed by atoms with van der Waals surface area (Å²) in [6, 6.07) is 2.64. The highest BCUT2D eigenvalue weighted by Gasteiger charge is 2.48. The van der Waals surface area contributed by atoms with Gasteiger partial charge in [-0.1, -0.05) is 0 Å². The lowest BCUT2D eigenvalue weighted by atomic mass is 10.1. The van der Waals surface area contributed by atoms with E-state index < -0.39 is 18.0 Å². The van der Waals surface area contributed by atoms with Gasteiger partial charge in [0.25, 0.3) is 0 Å². The van der Waals surface area contributed by atoms with Gasteiger partial charge in [-0.05, 0) is 18.0 Å². The number of amides is 1. The van der Waals surface area contributed by atoms with Crippen LogP contribution in [-0.2, 0) is 14.3 Å². The number of hydrogen-bond donors (Lipinski definition) is 1. The van der Waals surface area contributed by atoms with Crippen LogP contribution in [0.25, 0.3) is 0 Å². The molecule has 1 amide bonds. The van der Waals surface area contributed by atoms with Crippen molar-refractivity contribution in [3.8, 4) is 5.75 Å². The average molecular weight is 426 g/mol. The summed E-state index contributed by atoms with van der Waals surface area (Å²) in [5.41, 5.74) is 0.824. The molecule has 4 aliphatic rings. The highest BCUT2D eigenvalue weighted by molar-refractivity contribution is 6.64. The van der Waals surface area contributed by atoms with Crippen LogP contribution >= 0.6 is 11.6 Å². The number of halogens is 2. The first kappa shape index (κ1) is 18.9. The second-order valence-electron chi connectivity index (χ2n) is 7.70. The third kappa shape index (κ3) is 3.41. The Morgan fingerprint density at radius 1 is 1.28 bits per heavy atom. The Morgan fingerprint density at radius 2 is 2.07 bits per heavy atom. The molecule has 0 aromatic heterocycles. The molecule has 0 radical (unpaired) electrons. The van der Waals surface area contributed by atoms with E-state index in [0.29, 0.717) is 56.4 Å². The Labute approximate surface area is 171 Å². The standard InChI is InChI=1S/C19H21ClFN3O5/c20-18(25)10-5-12(10)22-8-17-15-9-28-16-7-13(23-1-3-27-4-2-23)11(21)6-14(16)24(15)19(26)29-17/h6-7,10,12,15,17,22H,1-5,8-9H2/t10?,12?,15-,17-/m0/s1. The van der Waals surface area contributed by atoms with E-state index in [1.54, 1.807) is 6.07 Å². The number of nitrogens with zero attached hydrogens (tertiary/aromatic N) is 2. The van der Waals surface area contributed by atoms with Gasteiger partial charge in [-0.2, -0.15) is 0 Å². The molecule has 3 fully saturated rings. The first-order chi connectivity index (χ1) is 14.0. The van der Waals surface area contributed by atoms with Gasteiger partial charge in [0.1, 0.15) is 30.3 Å². The highest BCUT2D eigenvalue weighted by Crippen LogP contribution is 2.42. The molecule has 1 N–H and O–H groups in total. The van der Waals surface area contributed by atoms with Crippen molar-refractivity contribution in [3.05, 3.63) is 17.9 Å². The lowest BCUT2D eigenvalue weighted by Crippen LogP contribution is -2.47. The summed E-state index contributed by atoms with van der Waals surface area (Å²) in [6.07, 6.45) is -0.290. The second kappa shape index (κ2) is 7.30. The molecule has 1 aliphatic carbocycles. The number of carbonyl (C=O) groups is 2. The van der Waals surface area contributed by atoms with Crippen LogP contribution in [0.15, 0.2) is 12.1 Å². The van der Waals surface area contributed by atoms with Crippen LogP contribution in [0.5, 0.6) is 5.75 Å². The highest BCUT2D eigenvalue weighted by atomic mass is 35.5. The maximum atomic E-state index is 14.9. The van der Waals surface area contributed by atoms with E-state index >= 15 is 0 Å².